The highest BCUT2D eigenvalue weighted by molar-refractivity contribution is 5.24. The Labute approximate surface area is 123 Å². The first-order valence-electron chi connectivity index (χ1n) is 8.04. The molecule has 0 saturated carbocycles. The molecule has 1 aromatic rings. The van der Waals surface area contributed by atoms with E-state index in [0.717, 1.165) is 26.2 Å². The van der Waals surface area contributed by atoms with Crippen molar-refractivity contribution in [3.05, 3.63) is 17.0 Å². The fourth-order valence-electron chi connectivity index (χ4n) is 2.94. The zero-order valence-corrected chi connectivity index (χ0v) is 13.6. The first-order valence-corrected chi connectivity index (χ1v) is 8.04. The van der Waals surface area contributed by atoms with Gasteiger partial charge in [-0.15, -0.1) is 0 Å². The maximum atomic E-state index is 4.72. The molecule has 0 radical (unpaired) electrons. The second kappa shape index (κ2) is 7.23. The molecule has 0 atom stereocenters. The first kappa shape index (κ1) is 15.5. The van der Waals surface area contributed by atoms with Gasteiger partial charge in [-0.3, -0.25) is 4.68 Å². The zero-order chi connectivity index (χ0) is 14.5. The van der Waals surface area contributed by atoms with Crippen LogP contribution in [0.15, 0.2) is 0 Å². The molecule has 0 aromatic carbocycles. The van der Waals surface area contributed by atoms with Crippen molar-refractivity contribution in [2.75, 3.05) is 26.2 Å². The van der Waals surface area contributed by atoms with Crippen LogP contribution in [0.3, 0.4) is 0 Å². The van der Waals surface area contributed by atoms with Crippen LogP contribution in [0.25, 0.3) is 0 Å². The van der Waals surface area contributed by atoms with E-state index in [-0.39, 0.29) is 0 Å². The topological polar surface area (TPSA) is 33.1 Å². The molecule has 20 heavy (non-hydrogen) atoms. The van der Waals surface area contributed by atoms with Crippen LogP contribution in [0.4, 0.5) is 0 Å². The van der Waals surface area contributed by atoms with E-state index in [9.17, 15) is 0 Å². The van der Waals surface area contributed by atoms with Crippen LogP contribution in [-0.4, -0.2) is 40.9 Å². The summed E-state index contributed by atoms with van der Waals surface area (Å²) >= 11 is 0. The molecule has 1 aliphatic rings. The van der Waals surface area contributed by atoms with Gasteiger partial charge in [0, 0.05) is 24.3 Å². The van der Waals surface area contributed by atoms with Crippen LogP contribution >= 0.6 is 0 Å². The predicted octanol–water partition coefficient (Wildman–Crippen LogP) is 2.34. The number of hydrogen-bond donors (Lipinski definition) is 1. The second-order valence-corrected chi connectivity index (χ2v) is 6.45. The lowest BCUT2D eigenvalue weighted by Gasteiger charge is -2.15. The van der Waals surface area contributed by atoms with Gasteiger partial charge in [0.15, 0.2) is 0 Å². The van der Waals surface area contributed by atoms with Gasteiger partial charge in [0.25, 0.3) is 0 Å². The van der Waals surface area contributed by atoms with Gasteiger partial charge in [-0.1, -0.05) is 13.8 Å². The van der Waals surface area contributed by atoms with Crippen LogP contribution in [-0.2, 0) is 13.1 Å². The van der Waals surface area contributed by atoms with Crippen LogP contribution in [0.2, 0.25) is 0 Å². The summed E-state index contributed by atoms with van der Waals surface area (Å²) in [6.07, 6.45) is 2.73. The summed E-state index contributed by atoms with van der Waals surface area (Å²) < 4.78 is 2.19. The fourth-order valence-corrected chi connectivity index (χ4v) is 2.94. The summed E-state index contributed by atoms with van der Waals surface area (Å²) in [5.74, 6) is 0.695. The molecule has 2 rings (SSSR count). The minimum Gasteiger partial charge on any atom is -0.312 e. The Kier molecular flexibility index (Phi) is 5.61. The van der Waals surface area contributed by atoms with Gasteiger partial charge in [-0.05, 0) is 52.2 Å². The van der Waals surface area contributed by atoms with Crippen molar-refractivity contribution in [2.24, 2.45) is 5.92 Å². The molecule has 4 heteroatoms. The quantitative estimate of drug-likeness (QED) is 0.831. The fraction of sp³-hybridized carbons (Fsp3) is 0.812. The van der Waals surface area contributed by atoms with Crippen molar-refractivity contribution in [3.63, 3.8) is 0 Å². The molecule has 1 N–H and O–H groups in total. The molecule has 0 bridgehead atoms. The van der Waals surface area contributed by atoms with Gasteiger partial charge in [-0.25, -0.2) is 0 Å². The van der Waals surface area contributed by atoms with Crippen molar-refractivity contribution >= 4 is 0 Å². The van der Waals surface area contributed by atoms with E-state index in [1.807, 2.05) is 0 Å². The summed E-state index contributed by atoms with van der Waals surface area (Å²) in [5, 5.41) is 8.25. The van der Waals surface area contributed by atoms with Crippen molar-refractivity contribution in [2.45, 2.75) is 53.6 Å². The lowest BCUT2D eigenvalue weighted by atomic mass is 10.2. The molecule has 1 saturated heterocycles. The molecule has 0 unspecified atom stereocenters. The summed E-state index contributed by atoms with van der Waals surface area (Å²) in [6, 6.07) is 0. The van der Waals surface area contributed by atoms with E-state index < -0.39 is 0 Å². The molecular formula is C16H30N4. The lowest BCUT2D eigenvalue weighted by molar-refractivity contribution is 0.314. The Morgan fingerprint density at radius 1 is 1.15 bits per heavy atom. The highest BCUT2D eigenvalue weighted by Crippen LogP contribution is 2.14. The van der Waals surface area contributed by atoms with Crippen LogP contribution < -0.4 is 5.32 Å². The normalized spacial score (nSPS) is 16.4. The van der Waals surface area contributed by atoms with Crippen molar-refractivity contribution in [3.8, 4) is 0 Å². The summed E-state index contributed by atoms with van der Waals surface area (Å²) in [6.45, 7) is 15.5. The molecule has 0 spiro atoms. The van der Waals surface area contributed by atoms with E-state index in [1.54, 1.807) is 0 Å². The van der Waals surface area contributed by atoms with Crippen LogP contribution in [0, 0.1) is 19.8 Å². The Balaban J connectivity index is 1.89. The first-order chi connectivity index (χ1) is 9.58. The largest absolute Gasteiger partial charge is 0.312 e. The Bertz CT molecular complexity index is 416. The molecule has 1 fully saturated rings. The lowest BCUT2D eigenvalue weighted by Crippen LogP contribution is -2.25. The average molecular weight is 278 g/mol. The van der Waals surface area contributed by atoms with Crippen molar-refractivity contribution < 1.29 is 0 Å². The van der Waals surface area contributed by atoms with Crippen LogP contribution in [0.5, 0.6) is 0 Å². The molecular weight excluding hydrogens is 248 g/mol. The maximum Gasteiger partial charge on any atom is 0.0641 e. The van der Waals surface area contributed by atoms with Gasteiger partial charge in [0.1, 0.15) is 0 Å². The third-order valence-electron chi connectivity index (χ3n) is 4.21. The monoisotopic (exact) mass is 278 g/mol. The van der Waals surface area contributed by atoms with E-state index in [0.29, 0.717) is 5.92 Å². The molecule has 2 heterocycles. The van der Waals surface area contributed by atoms with Gasteiger partial charge in [0.2, 0.25) is 0 Å². The molecule has 0 amide bonds. The highest BCUT2D eigenvalue weighted by Gasteiger charge is 2.14. The summed E-state index contributed by atoms with van der Waals surface area (Å²) in [4.78, 5) is 2.55. The molecule has 0 aliphatic carbocycles. The summed E-state index contributed by atoms with van der Waals surface area (Å²) in [7, 11) is 0. The minimum atomic E-state index is 0.695. The number of aromatic nitrogens is 2. The Morgan fingerprint density at radius 3 is 2.50 bits per heavy atom. The number of aryl methyl sites for hydroxylation is 1. The number of hydrogen-bond acceptors (Lipinski definition) is 3. The SMILES string of the molecule is Cc1nn(CCN2CCCC2)c(C)c1CNCC(C)C. The second-order valence-electron chi connectivity index (χ2n) is 6.45. The number of nitrogens with one attached hydrogen (secondary N) is 1. The van der Waals surface area contributed by atoms with Crippen molar-refractivity contribution in [1.29, 1.82) is 0 Å². The standard InChI is InChI=1S/C16H30N4/c1-13(2)11-17-12-16-14(3)18-20(15(16)4)10-9-19-7-5-6-8-19/h13,17H,5-12H2,1-4H3. The predicted molar refractivity (Wildman–Crippen MR) is 83.9 cm³/mol. The van der Waals surface area contributed by atoms with E-state index >= 15 is 0 Å². The van der Waals surface area contributed by atoms with Gasteiger partial charge >= 0.3 is 0 Å². The smallest absolute Gasteiger partial charge is 0.0641 e. The van der Waals surface area contributed by atoms with E-state index in [1.165, 1.54) is 42.9 Å². The molecule has 114 valence electrons. The van der Waals surface area contributed by atoms with E-state index in [2.05, 4.69) is 42.6 Å². The highest BCUT2D eigenvalue weighted by atomic mass is 15.3. The Hall–Kier alpha value is -0.870. The third kappa shape index (κ3) is 4.06. The van der Waals surface area contributed by atoms with Gasteiger partial charge < -0.3 is 10.2 Å². The van der Waals surface area contributed by atoms with Crippen LogP contribution in [0.1, 0.15) is 43.6 Å². The van der Waals surface area contributed by atoms with Gasteiger partial charge in [0.05, 0.1) is 12.2 Å². The van der Waals surface area contributed by atoms with Gasteiger partial charge in [-0.2, -0.15) is 5.10 Å². The molecule has 1 aliphatic heterocycles. The van der Waals surface area contributed by atoms with E-state index in [4.69, 9.17) is 5.10 Å². The number of rotatable bonds is 7. The summed E-state index contributed by atoms with van der Waals surface area (Å²) in [5.41, 5.74) is 3.89. The van der Waals surface area contributed by atoms with Crippen molar-refractivity contribution in [1.82, 2.24) is 20.0 Å². The Morgan fingerprint density at radius 2 is 1.85 bits per heavy atom. The third-order valence-corrected chi connectivity index (χ3v) is 4.21. The maximum absolute atomic E-state index is 4.72. The molecule has 4 nitrogen and oxygen atoms in total. The minimum absolute atomic E-state index is 0.695. The average Bonchev–Trinajstić information content (AvgIpc) is 2.99. The molecule has 1 aromatic heterocycles. The number of nitrogens with zero attached hydrogens (tertiary/aromatic N) is 3. The number of likely N-dealkylation sites (tertiary alicyclic amines) is 1. The zero-order valence-electron chi connectivity index (χ0n) is 13.6.